The molecule has 12 aromatic rings. The molecule has 0 fully saturated rings. The summed E-state index contributed by atoms with van der Waals surface area (Å²) in [5.74, 6) is 0. The zero-order chi connectivity index (χ0) is 38.9. The number of nitrogens with zero attached hydrogens (tertiary/aromatic N) is 1. The maximum Gasteiger partial charge on any atom is 0.159 e. The number of furan rings is 2. The molecule has 12 rings (SSSR count). The van der Waals surface area contributed by atoms with E-state index >= 15 is 0 Å². The van der Waals surface area contributed by atoms with Gasteiger partial charge in [-0.25, -0.2) is 0 Å². The van der Waals surface area contributed by atoms with Crippen LogP contribution in [-0.4, -0.2) is 0 Å². The molecule has 0 bridgehead atoms. The van der Waals surface area contributed by atoms with Crippen LogP contribution in [0.2, 0.25) is 0 Å². The van der Waals surface area contributed by atoms with Gasteiger partial charge < -0.3 is 13.7 Å². The van der Waals surface area contributed by atoms with Crippen molar-refractivity contribution >= 4 is 82.5 Å². The minimum atomic E-state index is 0.840. The van der Waals surface area contributed by atoms with Crippen LogP contribution in [0.4, 0.5) is 17.1 Å². The topological polar surface area (TPSA) is 29.5 Å². The first-order chi connectivity index (χ1) is 29.2. The Bertz CT molecular complexity index is 3540. The second-order valence-electron chi connectivity index (χ2n) is 15.2. The first-order valence-corrected chi connectivity index (χ1v) is 20.1. The van der Waals surface area contributed by atoms with Gasteiger partial charge in [-0.15, -0.1) is 0 Å². The van der Waals surface area contributed by atoms with Crippen LogP contribution in [0.3, 0.4) is 0 Å². The van der Waals surface area contributed by atoms with E-state index in [0.29, 0.717) is 0 Å². The van der Waals surface area contributed by atoms with E-state index in [4.69, 9.17) is 8.83 Å². The van der Waals surface area contributed by atoms with Crippen LogP contribution in [0.25, 0.3) is 98.8 Å². The van der Waals surface area contributed by atoms with Gasteiger partial charge in [-0.2, -0.15) is 0 Å². The highest BCUT2D eigenvalue weighted by atomic mass is 16.3. The molecule has 0 aliphatic carbocycles. The number of para-hydroxylation sites is 4. The van der Waals surface area contributed by atoms with E-state index in [1.807, 2.05) is 18.2 Å². The van der Waals surface area contributed by atoms with Crippen LogP contribution in [0.5, 0.6) is 0 Å². The summed E-state index contributed by atoms with van der Waals surface area (Å²) in [6.45, 7) is 0. The van der Waals surface area contributed by atoms with Crippen molar-refractivity contribution in [2.45, 2.75) is 0 Å². The summed E-state index contributed by atoms with van der Waals surface area (Å²) in [4.78, 5) is 2.32. The van der Waals surface area contributed by atoms with E-state index in [1.165, 1.54) is 27.1 Å². The fraction of sp³-hybridized carbons (Fsp3) is 0. The van der Waals surface area contributed by atoms with Crippen molar-refractivity contribution in [2.24, 2.45) is 0 Å². The van der Waals surface area contributed by atoms with Crippen molar-refractivity contribution in [1.82, 2.24) is 0 Å². The summed E-state index contributed by atoms with van der Waals surface area (Å²) in [5.41, 5.74) is 13.2. The van der Waals surface area contributed by atoms with Crippen molar-refractivity contribution in [3.05, 3.63) is 212 Å². The average molecular weight is 754 g/mol. The molecule has 3 nitrogen and oxygen atoms in total. The van der Waals surface area contributed by atoms with Gasteiger partial charge in [-0.3, -0.25) is 0 Å². The maximum atomic E-state index is 6.98. The molecular weight excluding hydrogens is 719 g/mol. The third-order valence-electron chi connectivity index (χ3n) is 11.9. The average Bonchev–Trinajstić information content (AvgIpc) is 3.89. The van der Waals surface area contributed by atoms with Crippen LogP contribution in [0.1, 0.15) is 0 Å². The van der Waals surface area contributed by atoms with Gasteiger partial charge in [-0.05, 0) is 86.3 Å². The van der Waals surface area contributed by atoms with E-state index in [-0.39, 0.29) is 0 Å². The Morgan fingerprint density at radius 2 is 0.797 bits per heavy atom. The van der Waals surface area contributed by atoms with Crippen molar-refractivity contribution in [3.63, 3.8) is 0 Å². The highest BCUT2D eigenvalue weighted by Crippen LogP contribution is 2.45. The first-order valence-electron chi connectivity index (χ1n) is 20.1. The molecule has 0 saturated heterocycles. The van der Waals surface area contributed by atoms with E-state index in [9.17, 15) is 0 Å². The molecule has 3 heteroatoms. The van der Waals surface area contributed by atoms with Crippen LogP contribution >= 0.6 is 0 Å². The molecule has 0 unspecified atom stereocenters. The molecule has 2 heterocycles. The second kappa shape index (κ2) is 13.4. The van der Waals surface area contributed by atoms with E-state index in [0.717, 1.165) is 88.8 Å². The molecule has 59 heavy (non-hydrogen) atoms. The molecule has 0 radical (unpaired) electrons. The molecule has 0 aliphatic heterocycles. The Labute approximate surface area is 340 Å². The van der Waals surface area contributed by atoms with Crippen molar-refractivity contribution in [2.75, 3.05) is 4.90 Å². The molecule has 0 saturated carbocycles. The van der Waals surface area contributed by atoms with E-state index in [1.54, 1.807) is 0 Å². The maximum absolute atomic E-state index is 6.98. The molecule has 0 spiro atoms. The minimum Gasteiger partial charge on any atom is -0.455 e. The van der Waals surface area contributed by atoms with Gasteiger partial charge in [0.15, 0.2) is 5.58 Å². The number of fused-ring (bicyclic) bond motifs is 9. The summed E-state index contributed by atoms with van der Waals surface area (Å²) in [6, 6.07) is 75.6. The van der Waals surface area contributed by atoms with Crippen molar-refractivity contribution in [1.29, 1.82) is 0 Å². The monoisotopic (exact) mass is 753 g/mol. The lowest BCUT2D eigenvalue weighted by Gasteiger charge is -2.26. The van der Waals surface area contributed by atoms with Gasteiger partial charge >= 0.3 is 0 Å². The summed E-state index contributed by atoms with van der Waals surface area (Å²) < 4.78 is 13.4. The normalized spacial score (nSPS) is 11.7. The van der Waals surface area contributed by atoms with Crippen molar-refractivity contribution in [3.8, 4) is 33.4 Å². The molecule has 276 valence electrons. The van der Waals surface area contributed by atoms with Gasteiger partial charge in [-0.1, -0.05) is 170 Å². The quantitative estimate of drug-likeness (QED) is 0.158. The Morgan fingerprint density at radius 3 is 1.54 bits per heavy atom. The Hall–Kier alpha value is -7.88. The second-order valence-corrected chi connectivity index (χ2v) is 15.2. The van der Waals surface area contributed by atoms with Gasteiger partial charge in [0.25, 0.3) is 0 Å². The predicted molar refractivity (Wildman–Crippen MR) is 247 cm³/mol. The first kappa shape index (κ1) is 33.3. The number of benzene rings is 10. The SMILES string of the molecule is c1ccc(-c2cccc3c2oc2c(N(c4ccc(-c5ccc6ccc7ccccc7c6c5)cc4)c4ccc(-c5cccc6c5oc5ccccc56)cc4)cccc23)cc1. The summed E-state index contributed by atoms with van der Waals surface area (Å²) in [6.07, 6.45) is 0. The third-order valence-corrected chi connectivity index (χ3v) is 11.9. The van der Waals surface area contributed by atoms with Gasteiger partial charge in [0.05, 0.1) is 5.69 Å². The molecule has 0 atom stereocenters. The lowest BCUT2D eigenvalue weighted by Crippen LogP contribution is -2.10. The zero-order valence-corrected chi connectivity index (χ0v) is 32.0. The highest BCUT2D eigenvalue weighted by Gasteiger charge is 2.21. The Morgan fingerprint density at radius 1 is 0.288 bits per heavy atom. The number of hydrogen-bond acceptors (Lipinski definition) is 3. The Kier molecular flexibility index (Phi) is 7.54. The molecule has 2 aromatic heterocycles. The number of hydrogen-bond donors (Lipinski definition) is 0. The van der Waals surface area contributed by atoms with E-state index in [2.05, 4.69) is 199 Å². The molecule has 0 amide bonds. The molecular formula is C56H35NO2. The highest BCUT2D eigenvalue weighted by molar-refractivity contribution is 6.14. The smallest absolute Gasteiger partial charge is 0.159 e. The predicted octanol–water partition coefficient (Wildman–Crippen LogP) is 16.3. The molecule has 0 N–H and O–H groups in total. The lowest BCUT2D eigenvalue weighted by molar-refractivity contribution is 0.670. The van der Waals surface area contributed by atoms with Crippen LogP contribution < -0.4 is 4.90 Å². The van der Waals surface area contributed by atoms with Gasteiger partial charge in [0, 0.05) is 44.0 Å². The summed E-state index contributed by atoms with van der Waals surface area (Å²) >= 11 is 0. The fourth-order valence-corrected chi connectivity index (χ4v) is 9.00. The van der Waals surface area contributed by atoms with Gasteiger partial charge in [0.2, 0.25) is 0 Å². The Balaban J connectivity index is 1.01. The number of anilines is 3. The zero-order valence-electron chi connectivity index (χ0n) is 32.0. The summed E-state index contributed by atoms with van der Waals surface area (Å²) in [7, 11) is 0. The van der Waals surface area contributed by atoms with Crippen molar-refractivity contribution < 1.29 is 8.83 Å². The molecule has 10 aromatic carbocycles. The van der Waals surface area contributed by atoms with Crippen LogP contribution in [0, 0.1) is 0 Å². The molecule has 0 aliphatic rings. The standard InChI is InChI=1S/C56H35NO2/c1-2-11-37(12-3-1)45-16-9-19-49-50-20-10-21-52(56(50)59-55(45)49)57(43-33-29-39(30-34-43)46-17-8-18-48-47-15-6-7-22-53(47)58-54(46)48)42-31-27-36(28-32-42)41-26-25-40-24-23-38-13-4-5-14-44(38)51(40)35-41/h1-35H. The third kappa shape index (κ3) is 5.44. The lowest BCUT2D eigenvalue weighted by atomic mass is 9.97. The summed E-state index contributed by atoms with van der Waals surface area (Å²) in [5, 5.41) is 9.44. The van der Waals surface area contributed by atoms with Crippen LogP contribution in [0.15, 0.2) is 221 Å². The minimum absolute atomic E-state index is 0.840. The fourth-order valence-electron chi connectivity index (χ4n) is 9.00. The van der Waals surface area contributed by atoms with E-state index < -0.39 is 0 Å². The number of rotatable bonds is 6. The van der Waals surface area contributed by atoms with Gasteiger partial charge in [0.1, 0.15) is 16.7 Å². The largest absolute Gasteiger partial charge is 0.455 e. The van der Waals surface area contributed by atoms with Crippen LogP contribution in [-0.2, 0) is 0 Å².